The Morgan fingerprint density at radius 2 is 2.19 bits per heavy atom. The van der Waals surface area contributed by atoms with Gasteiger partial charge in [0.1, 0.15) is 5.78 Å². The fraction of sp³-hybridized carbons (Fsp3) is 0.923. The minimum absolute atomic E-state index is 0.424. The zero-order valence-electron chi connectivity index (χ0n) is 10.5. The van der Waals surface area contributed by atoms with Crippen LogP contribution in [0.4, 0.5) is 0 Å². The van der Waals surface area contributed by atoms with Gasteiger partial charge >= 0.3 is 0 Å². The predicted octanol–water partition coefficient (Wildman–Crippen LogP) is 2.72. The summed E-state index contributed by atoms with van der Waals surface area (Å²) in [6.07, 6.45) is 5.23. The zero-order chi connectivity index (χ0) is 11.6. The summed E-state index contributed by atoms with van der Waals surface area (Å²) in [5.74, 6) is 1.70. The van der Waals surface area contributed by atoms with Gasteiger partial charge in [-0.15, -0.1) is 0 Å². The van der Waals surface area contributed by atoms with Gasteiger partial charge in [-0.05, 0) is 25.8 Å². The first-order chi connectivity index (χ1) is 7.57. The van der Waals surface area contributed by atoms with Gasteiger partial charge in [0.25, 0.3) is 0 Å². The third kappa shape index (κ3) is 3.24. The van der Waals surface area contributed by atoms with Crippen molar-refractivity contribution in [2.45, 2.75) is 56.7 Å². The molecule has 0 spiro atoms. The molecule has 2 nitrogen and oxygen atoms in total. The number of Topliss-reactive ketones (excluding diaryl/α,β-unsaturated/α-hetero) is 1. The van der Waals surface area contributed by atoms with E-state index in [1.165, 1.54) is 31.7 Å². The van der Waals surface area contributed by atoms with Crippen LogP contribution < -0.4 is 0 Å². The molecule has 2 fully saturated rings. The zero-order valence-corrected chi connectivity index (χ0v) is 11.3. The van der Waals surface area contributed by atoms with Crippen molar-refractivity contribution in [3.63, 3.8) is 0 Å². The minimum atomic E-state index is 0.424. The number of carbonyl (C=O) groups is 1. The number of nitrogens with zero attached hydrogens (tertiary/aromatic N) is 1. The molecule has 0 radical (unpaired) electrons. The Balaban J connectivity index is 1.91. The molecule has 2 rings (SSSR count). The molecule has 0 bridgehead atoms. The van der Waals surface area contributed by atoms with Crippen LogP contribution in [0.15, 0.2) is 0 Å². The Morgan fingerprint density at radius 1 is 1.38 bits per heavy atom. The second-order valence-electron chi connectivity index (χ2n) is 5.68. The van der Waals surface area contributed by atoms with E-state index in [9.17, 15) is 4.79 Å². The summed E-state index contributed by atoms with van der Waals surface area (Å²) >= 11 is 2.08. The molecule has 1 saturated carbocycles. The van der Waals surface area contributed by atoms with Gasteiger partial charge in [-0.1, -0.05) is 13.8 Å². The first kappa shape index (κ1) is 12.4. The highest BCUT2D eigenvalue weighted by Crippen LogP contribution is 2.32. The van der Waals surface area contributed by atoms with E-state index in [0.717, 1.165) is 19.3 Å². The van der Waals surface area contributed by atoms with Gasteiger partial charge in [-0.2, -0.15) is 11.8 Å². The molecule has 3 heteroatoms. The molecule has 16 heavy (non-hydrogen) atoms. The van der Waals surface area contributed by atoms with Crippen molar-refractivity contribution in [3.05, 3.63) is 0 Å². The maximum atomic E-state index is 11.5. The monoisotopic (exact) mass is 241 g/mol. The third-order valence-corrected chi connectivity index (χ3v) is 5.22. The summed E-state index contributed by atoms with van der Waals surface area (Å²) in [6, 6.07) is 0.552. The summed E-state index contributed by atoms with van der Waals surface area (Å²) in [4.78, 5) is 14.1. The Morgan fingerprint density at radius 3 is 2.94 bits per heavy atom. The average molecular weight is 241 g/mol. The largest absolute Gasteiger partial charge is 0.300 e. The quantitative estimate of drug-likeness (QED) is 0.704. The van der Waals surface area contributed by atoms with Crippen molar-refractivity contribution >= 4 is 17.5 Å². The normalized spacial score (nSPS) is 32.4. The highest BCUT2D eigenvalue weighted by molar-refractivity contribution is 8.00. The first-order valence-corrected chi connectivity index (χ1v) is 7.45. The van der Waals surface area contributed by atoms with Gasteiger partial charge in [0, 0.05) is 35.9 Å². The molecule has 1 atom stereocenters. The van der Waals surface area contributed by atoms with Crippen molar-refractivity contribution in [3.8, 4) is 0 Å². The molecule has 92 valence electrons. The van der Waals surface area contributed by atoms with Gasteiger partial charge in [0.05, 0.1) is 0 Å². The minimum Gasteiger partial charge on any atom is -0.300 e. The van der Waals surface area contributed by atoms with Crippen molar-refractivity contribution < 1.29 is 4.79 Å². The second-order valence-corrected chi connectivity index (χ2v) is 7.49. The summed E-state index contributed by atoms with van der Waals surface area (Å²) in [5, 5.41) is 0. The van der Waals surface area contributed by atoms with Gasteiger partial charge in [-0.3, -0.25) is 9.69 Å². The first-order valence-electron chi connectivity index (χ1n) is 6.46. The maximum Gasteiger partial charge on any atom is 0.134 e. The Hall–Kier alpha value is -0.0200. The predicted molar refractivity (Wildman–Crippen MR) is 70.0 cm³/mol. The summed E-state index contributed by atoms with van der Waals surface area (Å²) in [7, 11) is 0. The van der Waals surface area contributed by atoms with Crippen LogP contribution in [0.3, 0.4) is 0 Å². The van der Waals surface area contributed by atoms with Crippen molar-refractivity contribution in [2.24, 2.45) is 0 Å². The second kappa shape index (κ2) is 5.09. The topological polar surface area (TPSA) is 20.3 Å². The molecule has 1 aliphatic heterocycles. The van der Waals surface area contributed by atoms with Crippen LogP contribution >= 0.6 is 11.8 Å². The standard InChI is InChI=1S/C13H23NOS/c1-13(2)6-7-14(8-9-16-13)11-4-3-5-12(15)10-11/h11H,3-10H2,1-2H3. The van der Waals surface area contributed by atoms with E-state index >= 15 is 0 Å². The van der Waals surface area contributed by atoms with Crippen LogP contribution in [0.1, 0.15) is 46.0 Å². The Labute approximate surface area is 103 Å². The molecule has 1 unspecified atom stereocenters. The van der Waals surface area contributed by atoms with E-state index in [-0.39, 0.29) is 0 Å². The third-order valence-electron chi connectivity index (χ3n) is 3.85. The van der Waals surface area contributed by atoms with E-state index in [0.29, 0.717) is 16.6 Å². The maximum absolute atomic E-state index is 11.5. The molecular weight excluding hydrogens is 218 g/mol. The van der Waals surface area contributed by atoms with Crippen LogP contribution in [-0.4, -0.2) is 40.3 Å². The fourth-order valence-corrected chi connectivity index (χ4v) is 3.83. The van der Waals surface area contributed by atoms with Crippen LogP contribution in [0.25, 0.3) is 0 Å². The molecule has 2 aliphatic rings. The SMILES string of the molecule is CC1(C)CCN(C2CCCC(=O)C2)CCS1. The number of carbonyl (C=O) groups excluding carboxylic acids is 1. The van der Waals surface area contributed by atoms with E-state index in [2.05, 4.69) is 30.5 Å². The molecule has 0 aromatic carbocycles. The lowest BCUT2D eigenvalue weighted by Crippen LogP contribution is -2.40. The summed E-state index contributed by atoms with van der Waals surface area (Å²) < 4.78 is 0.424. The molecule has 1 saturated heterocycles. The number of hydrogen-bond donors (Lipinski definition) is 0. The summed E-state index contributed by atoms with van der Waals surface area (Å²) in [5.41, 5.74) is 0. The number of ketones is 1. The van der Waals surface area contributed by atoms with E-state index in [4.69, 9.17) is 0 Å². The van der Waals surface area contributed by atoms with Crippen molar-refractivity contribution in [1.29, 1.82) is 0 Å². The molecule has 0 amide bonds. The van der Waals surface area contributed by atoms with E-state index < -0.39 is 0 Å². The molecule has 1 heterocycles. The number of rotatable bonds is 1. The van der Waals surface area contributed by atoms with Crippen molar-refractivity contribution in [1.82, 2.24) is 4.90 Å². The van der Waals surface area contributed by atoms with Crippen molar-refractivity contribution in [2.75, 3.05) is 18.8 Å². The highest BCUT2D eigenvalue weighted by atomic mass is 32.2. The van der Waals surface area contributed by atoms with Gasteiger partial charge in [-0.25, -0.2) is 0 Å². The lowest BCUT2D eigenvalue weighted by atomic mass is 9.92. The molecule has 0 aromatic heterocycles. The van der Waals surface area contributed by atoms with Crippen LogP contribution in [-0.2, 0) is 4.79 Å². The molecular formula is C13H23NOS. The Kier molecular flexibility index (Phi) is 3.96. The molecule has 1 aliphatic carbocycles. The van der Waals surface area contributed by atoms with Crippen LogP contribution in [0.2, 0.25) is 0 Å². The van der Waals surface area contributed by atoms with E-state index in [1.54, 1.807) is 0 Å². The lowest BCUT2D eigenvalue weighted by Gasteiger charge is -2.33. The van der Waals surface area contributed by atoms with Gasteiger partial charge < -0.3 is 0 Å². The van der Waals surface area contributed by atoms with Gasteiger partial charge in [0.15, 0.2) is 0 Å². The van der Waals surface area contributed by atoms with Crippen LogP contribution in [0, 0.1) is 0 Å². The Bertz CT molecular complexity index is 265. The molecule has 0 aromatic rings. The number of thioether (sulfide) groups is 1. The lowest BCUT2D eigenvalue weighted by molar-refractivity contribution is -0.122. The smallest absolute Gasteiger partial charge is 0.134 e. The summed E-state index contributed by atoms with van der Waals surface area (Å²) in [6.45, 7) is 7.03. The average Bonchev–Trinajstić information content (AvgIpc) is 2.39. The fourth-order valence-electron chi connectivity index (χ4n) is 2.71. The van der Waals surface area contributed by atoms with E-state index in [1.807, 2.05) is 0 Å². The van der Waals surface area contributed by atoms with Crippen LogP contribution in [0.5, 0.6) is 0 Å². The molecule has 0 N–H and O–H groups in total. The number of hydrogen-bond acceptors (Lipinski definition) is 3. The highest BCUT2D eigenvalue weighted by Gasteiger charge is 2.29. The van der Waals surface area contributed by atoms with Gasteiger partial charge in [0.2, 0.25) is 0 Å².